The van der Waals surface area contributed by atoms with Crippen LogP contribution in [-0.4, -0.2) is 6.04 Å². The fourth-order valence-electron chi connectivity index (χ4n) is 1.95. The molecule has 0 fully saturated rings. The standard InChI is InChI=1S/C15H13Cl2F2N/c1-9(6-10-2-4-11(18)5-3-10)20-15-13(16)7-12(19)8-14(15)17/h2-5,7-9,20H,6H2,1H3. The molecule has 0 radical (unpaired) electrons. The van der Waals surface area contributed by atoms with Gasteiger partial charge in [0.1, 0.15) is 11.6 Å². The summed E-state index contributed by atoms with van der Waals surface area (Å²) < 4.78 is 25.9. The molecule has 0 aliphatic carbocycles. The summed E-state index contributed by atoms with van der Waals surface area (Å²) in [7, 11) is 0. The average Bonchev–Trinajstić information content (AvgIpc) is 2.36. The molecule has 5 heteroatoms. The lowest BCUT2D eigenvalue weighted by atomic mass is 10.1. The second kappa shape index (κ2) is 6.42. The number of hydrogen-bond acceptors (Lipinski definition) is 1. The van der Waals surface area contributed by atoms with Crippen molar-refractivity contribution in [2.24, 2.45) is 0 Å². The van der Waals surface area contributed by atoms with E-state index in [1.165, 1.54) is 24.3 Å². The van der Waals surface area contributed by atoms with Crippen molar-refractivity contribution in [3.05, 3.63) is 63.6 Å². The van der Waals surface area contributed by atoms with Gasteiger partial charge in [0.05, 0.1) is 15.7 Å². The number of hydrogen-bond donors (Lipinski definition) is 1. The van der Waals surface area contributed by atoms with E-state index in [9.17, 15) is 8.78 Å². The zero-order chi connectivity index (χ0) is 14.7. The maximum Gasteiger partial charge on any atom is 0.126 e. The van der Waals surface area contributed by atoms with Crippen LogP contribution in [0.2, 0.25) is 10.0 Å². The summed E-state index contributed by atoms with van der Waals surface area (Å²) in [5.74, 6) is -0.740. The lowest BCUT2D eigenvalue weighted by Crippen LogP contribution is -2.18. The van der Waals surface area contributed by atoms with Crippen molar-refractivity contribution in [2.45, 2.75) is 19.4 Å². The van der Waals surface area contributed by atoms with Gasteiger partial charge in [-0.15, -0.1) is 0 Å². The Hall–Kier alpha value is -1.32. The third-order valence-electron chi connectivity index (χ3n) is 2.85. The number of halogens is 4. The molecule has 0 amide bonds. The minimum absolute atomic E-state index is 0.0147. The lowest BCUT2D eigenvalue weighted by Gasteiger charge is -2.17. The molecule has 1 nitrogen and oxygen atoms in total. The van der Waals surface area contributed by atoms with Crippen molar-refractivity contribution < 1.29 is 8.78 Å². The van der Waals surface area contributed by atoms with Gasteiger partial charge < -0.3 is 5.32 Å². The van der Waals surface area contributed by atoms with E-state index in [1.807, 2.05) is 6.92 Å². The van der Waals surface area contributed by atoms with Crippen LogP contribution in [0.3, 0.4) is 0 Å². The zero-order valence-corrected chi connectivity index (χ0v) is 12.3. The zero-order valence-electron chi connectivity index (χ0n) is 10.8. The first-order chi connectivity index (χ1) is 9.45. The summed E-state index contributed by atoms with van der Waals surface area (Å²) in [6, 6.07) is 8.71. The van der Waals surface area contributed by atoms with E-state index >= 15 is 0 Å². The van der Waals surface area contributed by atoms with Gasteiger partial charge in [-0.1, -0.05) is 35.3 Å². The number of nitrogens with one attached hydrogen (secondary N) is 1. The highest BCUT2D eigenvalue weighted by Crippen LogP contribution is 2.32. The molecule has 20 heavy (non-hydrogen) atoms. The van der Waals surface area contributed by atoms with Gasteiger partial charge in [-0.05, 0) is 43.2 Å². The summed E-state index contributed by atoms with van der Waals surface area (Å²) in [5.41, 5.74) is 1.49. The fourth-order valence-corrected chi connectivity index (χ4v) is 2.52. The molecule has 0 aliphatic heterocycles. The van der Waals surface area contributed by atoms with Crippen molar-refractivity contribution in [3.63, 3.8) is 0 Å². The Morgan fingerprint density at radius 1 is 1.00 bits per heavy atom. The van der Waals surface area contributed by atoms with Gasteiger partial charge >= 0.3 is 0 Å². The average molecular weight is 316 g/mol. The molecular formula is C15H13Cl2F2N. The Morgan fingerprint density at radius 3 is 2.10 bits per heavy atom. The van der Waals surface area contributed by atoms with Crippen LogP contribution in [0.15, 0.2) is 36.4 Å². The molecule has 0 saturated heterocycles. The van der Waals surface area contributed by atoms with Crippen LogP contribution in [0.4, 0.5) is 14.5 Å². The molecule has 2 aromatic carbocycles. The van der Waals surface area contributed by atoms with E-state index in [1.54, 1.807) is 12.1 Å². The second-order valence-electron chi connectivity index (χ2n) is 4.62. The van der Waals surface area contributed by atoms with E-state index in [4.69, 9.17) is 23.2 Å². The molecule has 0 saturated carbocycles. The summed E-state index contributed by atoms with van der Waals surface area (Å²) in [5, 5.41) is 3.62. The van der Waals surface area contributed by atoms with Crippen molar-refractivity contribution in [3.8, 4) is 0 Å². The van der Waals surface area contributed by atoms with Crippen LogP contribution < -0.4 is 5.32 Å². The first-order valence-corrected chi connectivity index (χ1v) is 6.87. The van der Waals surface area contributed by atoms with Gasteiger partial charge in [0.2, 0.25) is 0 Å². The van der Waals surface area contributed by atoms with E-state index in [0.29, 0.717) is 12.1 Å². The van der Waals surface area contributed by atoms with Crippen molar-refractivity contribution in [2.75, 3.05) is 5.32 Å². The Bertz CT molecular complexity index is 576. The van der Waals surface area contributed by atoms with Crippen molar-refractivity contribution in [1.29, 1.82) is 0 Å². The quantitative estimate of drug-likeness (QED) is 0.805. The minimum Gasteiger partial charge on any atom is -0.380 e. The third-order valence-corrected chi connectivity index (χ3v) is 3.45. The molecule has 0 aliphatic rings. The predicted molar refractivity (Wildman–Crippen MR) is 79.6 cm³/mol. The largest absolute Gasteiger partial charge is 0.380 e. The van der Waals surface area contributed by atoms with Crippen molar-refractivity contribution >= 4 is 28.9 Å². The number of benzene rings is 2. The Morgan fingerprint density at radius 2 is 1.55 bits per heavy atom. The van der Waals surface area contributed by atoms with Gasteiger partial charge in [-0.3, -0.25) is 0 Å². The van der Waals surface area contributed by atoms with E-state index < -0.39 is 5.82 Å². The maximum atomic E-state index is 13.1. The summed E-state index contributed by atoms with van der Waals surface area (Å²) in [6.07, 6.45) is 0.671. The first-order valence-electron chi connectivity index (χ1n) is 6.11. The Balaban J connectivity index is 2.08. The van der Waals surface area contributed by atoms with Gasteiger partial charge in [0.25, 0.3) is 0 Å². The second-order valence-corrected chi connectivity index (χ2v) is 5.43. The molecular weight excluding hydrogens is 303 g/mol. The van der Waals surface area contributed by atoms with Crippen LogP contribution in [0.5, 0.6) is 0 Å². The van der Waals surface area contributed by atoms with Gasteiger partial charge in [0, 0.05) is 6.04 Å². The monoisotopic (exact) mass is 315 g/mol. The smallest absolute Gasteiger partial charge is 0.126 e. The Kier molecular flexibility index (Phi) is 4.84. The number of rotatable bonds is 4. The SMILES string of the molecule is CC(Cc1ccc(F)cc1)Nc1c(Cl)cc(F)cc1Cl. The van der Waals surface area contributed by atoms with Crippen molar-refractivity contribution in [1.82, 2.24) is 0 Å². The highest BCUT2D eigenvalue weighted by molar-refractivity contribution is 6.39. The Labute approximate surface area is 126 Å². The highest BCUT2D eigenvalue weighted by Gasteiger charge is 2.11. The minimum atomic E-state index is -0.475. The topological polar surface area (TPSA) is 12.0 Å². The molecule has 0 aromatic heterocycles. The van der Waals surface area contributed by atoms with Gasteiger partial charge in [0.15, 0.2) is 0 Å². The third kappa shape index (κ3) is 3.84. The molecule has 0 bridgehead atoms. The molecule has 2 rings (SSSR count). The molecule has 0 heterocycles. The number of anilines is 1. The molecule has 0 spiro atoms. The van der Waals surface area contributed by atoms with E-state index in [2.05, 4.69) is 5.32 Å². The molecule has 2 aromatic rings. The summed E-state index contributed by atoms with van der Waals surface area (Å²) in [6.45, 7) is 1.94. The molecule has 1 unspecified atom stereocenters. The molecule has 106 valence electrons. The van der Waals surface area contributed by atoms with E-state index in [-0.39, 0.29) is 21.9 Å². The maximum absolute atomic E-state index is 13.1. The summed E-state index contributed by atoms with van der Waals surface area (Å²) >= 11 is 11.9. The van der Waals surface area contributed by atoms with Crippen LogP contribution in [0.25, 0.3) is 0 Å². The first kappa shape index (κ1) is 15.1. The predicted octanol–water partition coefficient (Wildman–Crippen LogP) is 5.31. The normalized spacial score (nSPS) is 12.2. The van der Waals surface area contributed by atoms with Crippen LogP contribution in [-0.2, 0) is 6.42 Å². The van der Waals surface area contributed by atoms with E-state index in [0.717, 1.165) is 5.56 Å². The van der Waals surface area contributed by atoms with Gasteiger partial charge in [-0.2, -0.15) is 0 Å². The van der Waals surface area contributed by atoms with Crippen LogP contribution >= 0.6 is 23.2 Å². The lowest BCUT2D eigenvalue weighted by molar-refractivity contribution is 0.626. The van der Waals surface area contributed by atoms with Crippen LogP contribution in [0.1, 0.15) is 12.5 Å². The van der Waals surface area contributed by atoms with Crippen LogP contribution in [0, 0.1) is 11.6 Å². The van der Waals surface area contributed by atoms with Gasteiger partial charge in [-0.25, -0.2) is 8.78 Å². The molecule has 1 atom stereocenters. The molecule has 1 N–H and O–H groups in total. The summed E-state index contributed by atoms with van der Waals surface area (Å²) in [4.78, 5) is 0. The highest BCUT2D eigenvalue weighted by atomic mass is 35.5. The fraction of sp³-hybridized carbons (Fsp3) is 0.200.